The van der Waals surface area contributed by atoms with Gasteiger partial charge in [-0.05, 0) is 67.5 Å². The number of hydrogen-bond acceptors (Lipinski definition) is 3. The highest BCUT2D eigenvalue weighted by molar-refractivity contribution is 6.48. The van der Waals surface area contributed by atoms with Crippen LogP contribution < -0.4 is 10.1 Å². The highest BCUT2D eigenvalue weighted by Gasteiger charge is 2.29. The molecule has 1 atom stereocenters. The predicted octanol–water partition coefficient (Wildman–Crippen LogP) is 8.12. The molecule has 3 aromatic carbocycles. The van der Waals surface area contributed by atoms with E-state index in [0.29, 0.717) is 12.3 Å². The Balaban J connectivity index is 1.52. The molecule has 1 amide bonds. The lowest BCUT2D eigenvalue weighted by Crippen LogP contribution is -2.28. The molecule has 1 aliphatic heterocycles. The number of rotatable bonds is 9. The lowest BCUT2D eigenvalue weighted by atomic mass is 9.78. The molecule has 37 heavy (non-hydrogen) atoms. The molecule has 1 aliphatic rings. The molecule has 3 aromatic rings. The van der Waals surface area contributed by atoms with E-state index in [9.17, 15) is 4.79 Å². The van der Waals surface area contributed by atoms with Gasteiger partial charge in [-0.15, -0.1) is 0 Å². The van der Waals surface area contributed by atoms with Crippen LogP contribution >= 0.6 is 0 Å². The third-order valence-electron chi connectivity index (χ3n) is 7.38. The molecular formula is C32H40NO3Si. The molecule has 1 unspecified atom stereocenters. The van der Waals surface area contributed by atoms with Crippen molar-refractivity contribution >= 4 is 20.6 Å². The van der Waals surface area contributed by atoms with Gasteiger partial charge in [0.05, 0.1) is 0 Å². The van der Waals surface area contributed by atoms with Crippen LogP contribution in [0.15, 0.2) is 66.7 Å². The molecule has 0 bridgehead atoms. The van der Waals surface area contributed by atoms with E-state index < -0.39 is 9.04 Å². The molecule has 0 fully saturated rings. The van der Waals surface area contributed by atoms with Gasteiger partial charge in [-0.25, -0.2) is 0 Å². The Bertz CT molecular complexity index is 1190. The second-order valence-electron chi connectivity index (χ2n) is 11.4. The Hall–Kier alpha value is -2.89. The van der Waals surface area contributed by atoms with Gasteiger partial charge in [0.1, 0.15) is 11.5 Å². The van der Waals surface area contributed by atoms with E-state index in [4.69, 9.17) is 9.16 Å². The maximum Gasteiger partial charge on any atom is 0.225 e. The van der Waals surface area contributed by atoms with Crippen LogP contribution in [-0.4, -0.2) is 21.6 Å². The molecule has 1 heterocycles. The number of carbonyl (C=O) groups excluding carboxylic acids is 1. The maximum absolute atomic E-state index is 13.5. The number of nitrogens with one attached hydrogen (secondary N) is 1. The van der Waals surface area contributed by atoms with E-state index in [1.54, 1.807) is 0 Å². The van der Waals surface area contributed by atoms with Crippen molar-refractivity contribution in [3.63, 3.8) is 0 Å². The highest BCUT2D eigenvalue weighted by atomic mass is 28.3. The first kappa shape index (κ1) is 27.1. The topological polar surface area (TPSA) is 47.6 Å². The van der Waals surface area contributed by atoms with Crippen molar-refractivity contribution in [3.05, 3.63) is 89.0 Å². The number of hydrogen-bond donors (Lipinski definition) is 1. The molecule has 1 radical (unpaired) electrons. The van der Waals surface area contributed by atoms with Crippen molar-refractivity contribution in [3.8, 4) is 11.5 Å². The third-order valence-corrected chi connectivity index (χ3v) is 8.13. The zero-order valence-electron chi connectivity index (χ0n) is 23.1. The van der Waals surface area contributed by atoms with Crippen LogP contribution in [0.3, 0.4) is 0 Å². The largest absolute Gasteiger partial charge is 0.457 e. The van der Waals surface area contributed by atoms with Crippen molar-refractivity contribution in [2.75, 3.05) is 11.9 Å². The molecule has 4 nitrogen and oxygen atoms in total. The minimum atomic E-state index is -0.723. The SMILES string of the molecule is Cc1cccc(CCC(CO[Si](C)C)C(C)(C)C)c1NC(=O)CC1c2ccccc2Oc2ccccc21. The number of para-hydroxylation sites is 3. The summed E-state index contributed by atoms with van der Waals surface area (Å²) in [6, 6.07) is 22.4. The summed E-state index contributed by atoms with van der Waals surface area (Å²) in [7, 11) is -0.723. The highest BCUT2D eigenvalue weighted by Crippen LogP contribution is 2.45. The number of carbonyl (C=O) groups is 1. The molecule has 0 saturated carbocycles. The summed E-state index contributed by atoms with van der Waals surface area (Å²) in [6.07, 6.45) is 2.29. The van der Waals surface area contributed by atoms with Crippen LogP contribution in [0.25, 0.3) is 0 Å². The summed E-state index contributed by atoms with van der Waals surface area (Å²) in [6.45, 7) is 14.1. The van der Waals surface area contributed by atoms with E-state index >= 15 is 0 Å². The fourth-order valence-corrected chi connectivity index (χ4v) is 5.62. The number of aryl methyl sites for hydroxylation is 2. The van der Waals surface area contributed by atoms with E-state index in [2.05, 4.69) is 76.4 Å². The molecule has 0 aromatic heterocycles. The summed E-state index contributed by atoms with van der Waals surface area (Å²) in [4.78, 5) is 13.5. The molecule has 4 rings (SSSR count). The Morgan fingerprint density at radius 1 is 0.973 bits per heavy atom. The minimum Gasteiger partial charge on any atom is -0.457 e. The van der Waals surface area contributed by atoms with E-state index in [0.717, 1.165) is 53.3 Å². The van der Waals surface area contributed by atoms with Crippen LogP contribution in [0, 0.1) is 18.3 Å². The minimum absolute atomic E-state index is 0.0203. The molecule has 0 spiro atoms. The van der Waals surface area contributed by atoms with Crippen LogP contribution in [0.1, 0.15) is 61.8 Å². The lowest BCUT2D eigenvalue weighted by Gasteiger charge is -2.31. The standard InChI is InChI=1S/C32H40NO3Si/c1-22-12-11-13-23(18-19-24(32(2,3)4)21-35-37(5)6)31(22)33-30(34)20-27-25-14-7-9-16-28(25)36-29-17-10-8-15-26(27)29/h7-17,24,27H,18-21H2,1-6H3,(H,33,34). The number of benzene rings is 3. The van der Waals surface area contributed by atoms with Gasteiger partial charge in [0.25, 0.3) is 0 Å². The van der Waals surface area contributed by atoms with Gasteiger partial charge in [-0.2, -0.15) is 0 Å². The zero-order valence-corrected chi connectivity index (χ0v) is 24.1. The van der Waals surface area contributed by atoms with Gasteiger partial charge in [-0.3, -0.25) is 4.79 Å². The average Bonchev–Trinajstić information content (AvgIpc) is 2.84. The fourth-order valence-electron chi connectivity index (χ4n) is 5.08. The molecule has 0 saturated heterocycles. The van der Waals surface area contributed by atoms with Gasteiger partial charge in [0.2, 0.25) is 14.9 Å². The predicted molar refractivity (Wildman–Crippen MR) is 154 cm³/mol. The first-order valence-corrected chi connectivity index (χ1v) is 15.7. The van der Waals surface area contributed by atoms with Crippen molar-refractivity contribution in [1.82, 2.24) is 0 Å². The van der Waals surface area contributed by atoms with E-state index in [1.807, 2.05) is 36.4 Å². The lowest BCUT2D eigenvalue weighted by molar-refractivity contribution is -0.116. The second kappa shape index (κ2) is 11.7. The maximum atomic E-state index is 13.5. The molecular weight excluding hydrogens is 474 g/mol. The average molecular weight is 515 g/mol. The number of amides is 1. The quantitative estimate of drug-likeness (QED) is 0.293. The third kappa shape index (κ3) is 6.71. The normalized spacial score (nSPS) is 14.0. The Kier molecular flexibility index (Phi) is 8.55. The first-order chi connectivity index (χ1) is 17.6. The Morgan fingerprint density at radius 2 is 1.59 bits per heavy atom. The molecule has 0 aliphatic carbocycles. The first-order valence-electron chi connectivity index (χ1n) is 13.3. The Morgan fingerprint density at radius 3 is 2.19 bits per heavy atom. The fraction of sp³-hybridized carbons (Fsp3) is 0.406. The van der Waals surface area contributed by atoms with Crippen molar-refractivity contribution in [2.45, 2.75) is 66.0 Å². The summed E-state index contributed by atoms with van der Waals surface area (Å²) >= 11 is 0. The van der Waals surface area contributed by atoms with Crippen LogP contribution in [0.4, 0.5) is 5.69 Å². The van der Waals surface area contributed by atoms with Crippen LogP contribution in [0.2, 0.25) is 13.1 Å². The van der Waals surface area contributed by atoms with Gasteiger partial charge in [0, 0.05) is 35.8 Å². The number of anilines is 1. The van der Waals surface area contributed by atoms with Crippen molar-refractivity contribution in [1.29, 1.82) is 0 Å². The number of ether oxygens (including phenoxy) is 1. The Labute approximate surface area is 224 Å². The van der Waals surface area contributed by atoms with Crippen molar-refractivity contribution in [2.24, 2.45) is 11.3 Å². The van der Waals surface area contributed by atoms with E-state index in [-0.39, 0.29) is 17.2 Å². The number of fused-ring (bicyclic) bond motifs is 2. The van der Waals surface area contributed by atoms with E-state index in [1.165, 1.54) is 5.56 Å². The van der Waals surface area contributed by atoms with Crippen LogP contribution in [-0.2, 0) is 15.6 Å². The van der Waals surface area contributed by atoms with Gasteiger partial charge in [0.15, 0.2) is 0 Å². The molecule has 195 valence electrons. The molecule has 5 heteroatoms. The van der Waals surface area contributed by atoms with Gasteiger partial charge in [-0.1, -0.05) is 75.4 Å². The second-order valence-corrected chi connectivity index (χ2v) is 13.5. The summed E-state index contributed by atoms with van der Waals surface area (Å²) in [5.74, 6) is 2.08. The van der Waals surface area contributed by atoms with Gasteiger partial charge >= 0.3 is 0 Å². The summed E-state index contributed by atoms with van der Waals surface area (Å²) < 4.78 is 12.2. The smallest absolute Gasteiger partial charge is 0.225 e. The summed E-state index contributed by atoms with van der Waals surface area (Å²) in [5.41, 5.74) is 5.51. The van der Waals surface area contributed by atoms with Gasteiger partial charge < -0.3 is 14.5 Å². The zero-order chi connectivity index (χ0) is 26.6. The summed E-state index contributed by atoms with van der Waals surface area (Å²) in [5, 5.41) is 3.29. The van der Waals surface area contributed by atoms with Crippen LogP contribution in [0.5, 0.6) is 11.5 Å². The van der Waals surface area contributed by atoms with Crippen molar-refractivity contribution < 1.29 is 14.0 Å². The molecule has 1 N–H and O–H groups in total. The monoisotopic (exact) mass is 514 g/mol.